The highest BCUT2D eigenvalue weighted by molar-refractivity contribution is 7.12. The fourth-order valence-corrected chi connectivity index (χ4v) is 3.10. The Morgan fingerprint density at radius 3 is 2.42 bits per heavy atom. The second kappa shape index (κ2) is 8.57. The molecule has 0 unspecified atom stereocenters. The minimum Gasteiger partial charge on any atom is -0.452 e. The third-order valence-corrected chi connectivity index (χ3v) is 4.49. The molecule has 1 heterocycles. The molecule has 26 heavy (non-hydrogen) atoms. The van der Waals surface area contributed by atoms with E-state index in [0.29, 0.717) is 11.3 Å². The highest BCUT2D eigenvalue weighted by Gasteiger charge is 2.18. The lowest BCUT2D eigenvalue weighted by Gasteiger charge is -2.16. The van der Waals surface area contributed by atoms with Gasteiger partial charge in [-0.05, 0) is 44.2 Å². The van der Waals surface area contributed by atoms with Crippen LogP contribution >= 0.6 is 11.3 Å². The fraction of sp³-hybridized carbons (Fsp3) is 0.278. The molecule has 138 valence electrons. The summed E-state index contributed by atoms with van der Waals surface area (Å²) in [5.74, 6) is -1.92. The molecule has 1 aromatic heterocycles. The first-order valence-corrected chi connectivity index (χ1v) is 8.61. The Morgan fingerprint density at radius 1 is 1.19 bits per heavy atom. The Kier molecular flexibility index (Phi) is 6.46. The van der Waals surface area contributed by atoms with Crippen molar-refractivity contribution in [3.05, 3.63) is 51.5 Å². The number of nitrogens with one attached hydrogen (secondary N) is 1. The molecule has 0 spiro atoms. The summed E-state index contributed by atoms with van der Waals surface area (Å²) in [4.78, 5) is 38.9. The first-order chi connectivity index (χ1) is 12.3. The molecule has 0 saturated carbocycles. The lowest BCUT2D eigenvalue weighted by Crippen LogP contribution is -2.37. The Balaban J connectivity index is 1.81. The van der Waals surface area contributed by atoms with Crippen molar-refractivity contribution < 1.29 is 23.5 Å². The lowest BCUT2D eigenvalue weighted by atomic mass is 10.2. The van der Waals surface area contributed by atoms with Crippen LogP contribution in [0.4, 0.5) is 10.1 Å². The van der Waals surface area contributed by atoms with Gasteiger partial charge in [0.25, 0.3) is 5.91 Å². The average molecular weight is 378 g/mol. The van der Waals surface area contributed by atoms with Gasteiger partial charge in [-0.2, -0.15) is 0 Å². The standard InChI is InChI=1S/C18H19FN2O4S/c1-11-8-15(12(2)26-11)18(24)25-10-17(23)21(3)9-16(22)20-14-6-4-13(19)5-7-14/h4-8H,9-10H2,1-3H3,(H,20,22). The number of ether oxygens (including phenoxy) is 1. The number of carbonyl (C=O) groups excluding carboxylic acids is 3. The van der Waals surface area contributed by atoms with Crippen LogP contribution in [0.2, 0.25) is 0 Å². The highest BCUT2D eigenvalue weighted by Crippen LogP contribution is 2.21. The minimum absolute atomic E-state index is 0.218. The van der Waals surface area contributed by atoms with Crippen molar-refractivity contribution in [3.8, 4) is 0 Å². The van der Waals surface area contributed by atoms with Crippen LogP contribution in [0.5, 0.6) is 0 Å². The average Bonchev–Trinajstić information content (AvgIpc) is 2.92. The van der Waals surface area contributed by atoms with Crippen molar-refractivity contribution in [2.75, 3.05) is 25.5 Å². The number of nitrogens with zero attached hydrogens (tertiary/aromatic N) is 1. The fourth-order valence-electron chi connectivity index (χ4n) is 2.19. The van der Waals surface area contributed by atoms with E-state index in [1.165, 1.54) is 42.6 Å². The molecule has 0 radical (unpaired) electrons. The van der Waals surface area contributed by atoms with Crippen LogP contribution in [0.15, 0.2) is 30.3 Å². The van der Waals surface area contributed by atoms with Crippen LogP contribution in [-0.2, 0) is 14.3 Å². The number of amides is 2. The predicted molar refractivity (Wildman–Crippen MR) is 96.7 cm³/mol. The van der Waals surface area contributed by atoms with E-state index in [-0.39, 0.29) is 6.54 Å². The quantitative estimate of drug-likeness (QED) is 0.785. The predicted octanol–water partition coefficient (Wildman–Crippen LogP) is 2.76. The Labute approximate surface area is 154 Å². The van der Waals surface area contributed by atoms with Crippen molar-refractivity contribution in [2.24, 2.45) is 0 Å². The zero-order valence-electron chi connectivity index (χ0n) is 14.7. The van der Waals surface area contributed by atoms with E-state index >= 15 is 0 Å². The molecule has 0 fully saturated rings. The maximum Gasteiger partial charge on any atom is 0.339 e. The molecule has 0 atom stereocenters. The van der Waals surface area contributed by atoms with Crippen molar-refractivity contribution in [3.63, 3.8) is 0 Å². The van der Waals surface area contributed by atoms with Gasteiger partial charge in [0.2, 0.25) is 5.91 Å². The smallest absolute Gasteiger partial charge is 0.339 e. The first-order valence-electron chi connectivity index (χ1n) is 7.80. The first kappa shape index (κ1) is 19.6. The number of anilines is 1. The number of esters is 1. The summed E-state index contributed by atoms with van der Waals surface area (Å²) in [5, 5.41) is 2.55. The van der Waals surface area contributed by atoms with Gasteiger partial charge in [0.05, 0.1) is 12.1 Å². The molecule has 0 aliphatic carbocycles. The Bertz CT molecular complexity index is 817. The van der Waals surface area contributed by atoms with Crippen molar-refractivity contribution in [2.45, 2.75) is 13.8 Å². The summed E-state index contributed by atoms with van der Waals surface area (Å²) in [5.41, 5.74) is 0.865. The van der Waals surface area contributed by atoms with Crippen LogP contribution in [-0.4, -0.2) is 42.9 Å². The van der Waals surface area contributed by atoms with Gasteiger partial charge in [-0.15, -0.1) is 11.3 Å². The largest absolute Gasteiger partial charge is 0.452 e. The number of hydrogen-bond donors (Lipinski definition) is 1. The molecule has 1 aromatic carbocycles. The zero-order valence-corrected chi connectivity index (χ0v) is 15.5. The molecule has 2 aromatic rings. The number of likely N-dealkylation sites (N-methyl/N-ethyl adjacent to an activating group) is 1. The molecule has 0 bridgehead atoms. The van der Waals surface area contributed by atoms with Gasteiger partial charge in [-0.3, -0.25) is 9.59 Å². The summed E-state index contributed by atoms with van der Waals surface area (Å²) >= 11 is 1.48. The van der Waals surface area contributed by atoms with E-state index in [9.17, 15) is 18.8 Å². The maximum atomic E-state index is 12.8. The van der Waals surface area contributed by atoms with Crippen LogP contribution in [0.25, 0.3) is 0 Å². The summed E-state index contributed by atoms with van der Waals surface area (Å²) < 4.78 is 17.9. The van der Waals surface area contributed by atoms with E-state index in [1.54, 1.807) is 6.07 Å². The molecule has 8 heteroatoms. The summed E-state index contributed by atoms with van der Waals surface area (Å²) in [6.07, 6.45) is 0. The number of halogens is 1. The summed E-state index contributed by atoms with van der Waals surface area (Å²) in [6.45, 7) is 3.02. The van der Waals surface area contributed by atoms with Crippen LogP contribution in [0, 0.1) is 19.7 Å². The third-order valence-electron chi connectivity index (χ3n) is 3.52. The van der Waals surface area contributed by atoms with Crippen molar-refractivity contribution >= 4 is 34.8 Å². The van der Waals surface area contributed by atoms with Gasteiger partial charge < -0.3 is 15.0 Å². The van der Waals surface area contributed by atoms with E-state index < -0.39 is 30.2 Å². The molecular formula is C18H19FN2O4S. The normalized spacial score (nSPS) is 10.3. The van der Waals surface area contributed by atoms with Gasteiger partial charge in [0.1, 0.15) is 5.82 Å². The monoisotopic (exact) mass is 378 g/mol. The lowest BCUT2D eigenvalue weighted by molar-refractivity contribution is -0.136. The number of thiophene rings is 1. The Morgan fingerprint density at radius 2 is 1.85 bits per heavy atom. The molecule has 0 saturated heterocycles. The second-order valence-corrected chi connectivity index (χ2v) is 7.17. The number of aryl methyl sites for hydroxylation is 2. The van der Waals surface area contributed by atoms with Crippen LogP contribution in [0.1, 0.15) is 20.1 Å². The molecule has 6 nitrogen and oxygen atoms in total. The van der Waals surface area contributed by atoms with Crippen LogP contribution in [0.3, 0.4) is 0 Å². The summed E-state index contributed by atoms with van der Waals surface area (Å²) in [7, 11) is 1.43. The van der Waals surface area contributed by atoms with Gasteiger partial charge in [-0.1, -0.05) is 0 Å². The van der Waals surface area contributed by atoms with Gasteiger partial charge in [0.15, 0.2) is 6.61 Å². The number of rotatable bonds is 6. The van der Waals surface area contributed by atoms with Crippen molar-refractivity contribution in [1.82, 2.24) is 4.90 Å². The molecule has 2 rings (SSSR count). The topological polar surface area (TPSA) is 75.7 Å². The third kappa shape index (κ3) is 5.38. The van der Waals surface area contributed by atoms with E-state index in [4.69, 9.17) is 4.74 Å². The van der Waals surface area contributed by atoms with Gasteiger partial charge >= 0.3 is 5.97 Å². The Hall–Kier alpha value is -2.74. The van der Waals surface area contributed by atoms with E-state index in [2.05, 4.69) is 5.32 Å². The summed E-state index contributed by atoms with van der Waals surface area (Å²) in [6, 6.07) is 6.99. The molecule has 2 amide bonds. The number of benzene rings is 1. The SMILES string of the molecule is Cc1cc(C(=O)OCC(=O)N(C)CC(=O)Nc2ccc(F)cc2)c(C)s1. The minimum atomic E-state index is -0.565. The van der Waals surface area contributed by atoms with Crippen molar-refractivity contribution in [1.29, 1.82) is 0 Å². The maximum absolute atomic E-state index is 12.8. The van der Waals surface area contributed by atoms with E-state index in [1.807, 2.05) is 13.8 Å². The molecular weight excluding hydrogens is 359 g/mol. The van der Waals surface area contributed by atoms with Gasteiger partial charge in [-0.25, -0.2) is 9.18 Å². The van der Waals surface area contributed by atoms with Crippen LogP contribution < -0.4 is 5.32 Å². The zero-order chi connectivity index (χ0) is 19.3. The molecule has 0 aliphatic rings. The van der Waals surface area contributed by atoms with E-state index in [0.717, 1.165) is 14.7 Å². The molecule has 1 N–H and O–H groups in total. The number of carbonyl (C=O) groups is 3. The number of hydrogen-bond acceptors (Lipinski definition) is 5. The molecule has 0 aliphatic heterocycles. The highest BCUT2D eigenvalue weighted by atomic mass is 32.1. The van der Waals surface area contributed by atoms with Gasteiger partial charge in [0, 0.05) is 22.5 Å². The second-order valence-electron chi connectivity index (χ2n) is 5.71.